The predicted molar refractivity (Wildman–Crippen MR) is 67.3 cm³/mol. The molecule has 90 valence electrons. The molecule has 0 aliphatic heterocycles. The number of carbonyl (C=O) groups excluding carboxylic acids is 1. The fourth-order valence-corrected chi connectivity index (χ4v) is 2.22. The summed E-state index contributed by atoms with van der Waals surface area (Å²) in [5.41, 5.74) is 8.34. The monoisotopic (exact) mass is 240 g/mol. The van der Waals surface area contributed by atoms with Gasteiger partial charge in [-0.05, 0) is 24.3 Å². The van der Waals surface area contributed by atoms with E-state index in [2.05, 4.69) is 4.98 Å². The average molecular weight is 240 g/mol. The molecule has 1 heterocycles. The highest BCUT2D eigenvalue weighted by Gasteiger charge is 2.28. The van der Waals surface area contributed by atoms with Crippen LogP contribution in [0.25, 0.3) is 11.3 Å². The molecule has 0 saturated heterocycles. The molecule has 1 aromatic carbocycles. The van der Waals surface area contributed by atoms with Crippen molar-refractivity contribution in [2.24, 2.45) is 5.73 Å². The summed E-state index contributed by atoms with van der Waals surface area (Å²) in [6, 6.07) is 9.99. The number of benzene rings is 1. The van der Waals surface area contributed by atoms with Crippen LogP contribution in [-0.2, 0) is 6.42 Å². The fourth-order valence-electron chi connectivity index (χ4n) is 2.22. The molecule has 1 atom stereocenters. The van der Waals surface area contributed by atoms with Crippen LogP contribution in [0, 0.1) is 0 Å². The maximum absolute atomic E-state index is 11.7. The van der Waals surface area contributed by atoms with E-state index >= 15 is 0 Å². The Morgan fingerprint density at radius 1 is 1.17 bits per heavy atom. The minimum Gasteiger partial charge on any atom is -0.507 e. The fraction of sp³-hybridized carbons (Fsp3) is 0.143. The highest BCUT2D eigenvalue weighted by molar-refractivity contribution is 6.04. The molecule has 4 nitrogen and oxygen atoms in total. The summed E-state index contributed by atoms with van der Waals surface area (Å²) < 4.78 is 0. The molecule has 1 aliphatic rings. The molecule has 0 bridgehead atoms. The second-order valence-corrected chi connectivity index (χ2v) is 4.38. The van der Waals surface area contributed by atoms with Gasteiger partial charge in [0.25, 0.3) is 0 Å². The lowest BCUT2D eigenvalue weighted by molar-refractivity contribution is 0.0974. The van der Waals surface area contributed by atoms with Gasteiger partial charge in [0.15, 0.2) is 5.78 Å². The SMILES string of the molecule is NC1Cc2nc(-c3ccccc3O)ccc2C1=O. The third-order valence-electron chi connectivity index (χ3n) is 3.17. The van der Waals surface area contributed by atoms with Gasteiger partial charge in [0.2, 0.25) is 0 Å². The first kappa shape index (κ1) is 10.9. The lowest BCUT2D eigenvalue weighted by Crippen LogP contribution is -2.26. The number of hydrogen-bond donors (Lipinski definition) is 2. The normalized spacial score (nSPS) is 17.8. The first-order valence-electron chi connectivity index (χ1n) is 5.75. The summed E-state index contributed by atoms with van der Waals surface area (Å²) >= 11 is 0. The quantitative estimate of drug-likeness (QED) is 0.792. The van der Waals surface area contributed by atoms with Crippen LogP contribution in [0.15, 0.2) is 36.4 Å². The van der Waals surface area contributed by atoms with Gasteiger partial charge in [-0.2, -0.15) is 0 Å². The van der Waals surface area contributed by atoms with Gasteiger partial charge in [-0.25, -0.2) is 0 Å². The molecule has 1 unspecified atom stereocenters. The first-order valence-corrected chi connectivity index (χ1v) is 5.75. The van der Waals surface area contributed by atoms with Gasteiger partial charge in [0, 0.05) is 17.5 Å². The molecular formula is C14H12N2O2. The summed E-state index contributed by atoms with van der Waals surface area (Å²) in [6.45, 7) is 0. The highest BCUT2D eigenvalue weighted by Crippen LogP contribution is 2.29. The molecule has 0 radical (unpaired) electrons. The van der Waals surface area contributed by atoms with Gasteiger partial charge in [-0.1, -0.05) is 12.1 Å². The van der Waals surface area contributed by atoms with Crippen molar-refractivity contribution >= 4 is 5.78 Å². The van der Waals surface area contributed by atoms with Crippen molar-refractivity contribution < 1.29 is 9.90 Å². The number of nitrogens with zero attached hydrogens (tertiary/aromatic N) is 1. The van der Waals surface area contributed by atoms with Crippen molar-refractivity contribution in [3.63, 3.8) is 0 Å². The summed E-state index contributed by atoms with van der Waals surface area (Å²) in [4.78, 5) is 16.1. The van der Waals surface area contributed by atoms with E-state index in [-0.39, 0.29) is 11.5 Å². The Hall–Kier alpha value is -2.20. The van der Waals surface area contributed by atoms with Gasteiger partial charge in [-0.3, -0.25) is 9.78 Å². The zero-order chi connectivity index (χ0) is 12.7. The number of fused-ring (bicyclic) bond motifs is 1. The molecule has 3 rings (SSSR count). The minimum absolute atomic E-state index is 0.0543. The van der Waals surface area contributed by atoms with Crippen LogP contribution < -0.4 is 5.73 Å². The molecule has 0 saturated carbocycles. The molecule has 2 aromatic rings. The van der Waals surface area contributed by atoms with E-state index < -0.39 is 6.04 Å². The van der Waals surface area contributed by atoms with Gasteiger partial charge in [0.1, 0.15) is 5.75 Å². The molecular weight excluding hydrogens is 228 g/mol. The number of nitrogens with two attached hydrogens (primary N) is 1. The second kappa shape index (κ2) is 3.92. The summed E-state index contributed by atoms with van der Waals surface area (Å²) in [5.74, 6) is 0.125. The number of Topliss-reactive ketones (excluding diaryl/α,β-unsaturated/α-hetero) is 1. The number of aromatic nitrogens is 1. The smallest absolute Gasteiger partial charge is 0.181 e. The molecule has 3 N–H and O–H groups in total. The van der Waals surface area contributed by atoms with Gasteiger partial charge in [-0.15, -0.1) is 0 Å². The third-order valence-corrected chi connectivity index (χ3v) is 3.17. The van der Waals surface area contributed by atoms with Crippen LogP contribution in [0.5, 0.6) is 5.75 Å². The van der Waals surface area contributed by atoms with Crippen LogP contribution in [0.4, 0.5) is 0 Å². The largest absolute Gasteiger partial charge is 0.507 e. The van der Waals surface area contributed by atoms with Crippen molar-refractivity contribution in [3.05, 3.63) is 47.7 Å². The van der Waals surface area contributed by atoms with E-state index in [1.807, 2.05) is 6.07 Å². The van der Waals surface area contributed by atoms with E-state index in [9.17, 15) is 9.90 Å². The Bertz CT molecular complexity index is 637. The number of ketones is 1. The number of carbonyl (C=O) groups is 1. The summed E-state index contributed by atoms with van der Waals surface area (Å²) in [6.07, 6.45) is 0.468. The zero-order valence-electron chi connectivity index (χ0n) is 9.63. The lowest BCUT2D eigenvalue weighted by atomic mass is 10.1. The first-order chi connectivity index (χ1) is 8.66. The molecule has 0 fully saturated rings. The molecule has 18 heavy (non-hydrogen) atoms. The molecule has 0 spiro atoms. The van der Waals surface area contributed by atoms with Crippen molar-refractivity contribution in [3.8, 4) is 17.0 Å². The highest BCUT2D eigenvalue weighted by atomic mass is 16.3. The number of para-hydroxylation sites is 1. The predicted octanol–water partition coefficient (Wildman–Crippen LogP) is 1.52. The van der Waals surface area contributed by atoms with E-state index in [1.165, 1.54) is 0 Å². The maximum atomic E-state index is 11.7. The number of hydrogen-bond acceptors (Lipinski definition) is 4. The Balaban J connectivity index is 2.10. The average Bonchev–Trinajstić information content (AvgIpc) is 2.65. The molecule has 1 aliphatic carbocycles. The summed E-state index contributed by atoms with van der Waals surface area (Å²) in [7, 11) is 0. The molecule has 1 aromatic heterocycles. The van der Waals surface area contributed by atoms with Crippen molar-refractivity contribution in [1.82, 2.24) is 4.98 Å². The Morgan fingerprint density at radius 2 is 1.94 bits per heavy atom. The van der Waals surface area contributed by atoms with Gasteiger partial charge < -0.3 is 10.8 Å². The lowest BCUT2D eigenvalue weighted by Gasteiger charge is -2.05. The number of pyridine rings is 1. The zero-order valence-corrected chi connectivity index (χ0v) is 9.63. The van der Waals surface area contributed by atoms with E-state index in [4.69, 9.17) is 5.73 Å². The van der Waals surface area contributed by atoms with Crippen LogP contribution >= 0.6 is 0 Å². The topological polar surface area (TPSA) is 76.2 Å². The van der Waals surface area contributed by atoms with Crippen LogP contribution in [0.1, 0.15) is 16.1 Å². The Kier molecular flexibility index (Phi) is 2.38. The number of phenols is 1. The Morgan fingerprint density at radius 3 is 2.72 bits per heavy atom. The minimum atomic E-state index is -0.480. The standard InChI is InChI=1S/C14H12N2O2/c15-10-7-12-9(14(10)18)5-6-11(16-12)8-3-1-2-4-13(8)17/h1-6,10,17H,7,15H2. The van der Waals surface area contributed by atoms with Crippen LogP contribution in [-0.4, -0.2) is 21.9 Å². The summed E-state index contributed by atoms with van der Waals surface area (Å²) in [5, 5.41) is 9.78. The maximum Gasteiger partial charge on any atom is 0.181 e. The third kappa shape index (κ3) is 1.58. The van der Waals surface area contributed by atoms with Crippen molar-refractivity contribution in [2.75, 3.05) is 0 Å². The van der Waals surface area contributed by atoms with Crippen molar-refractivity contribution in [1.29, 1.82) is 0 Å². The van der Waals surface area contributed by atoms with Crippen LogP contribution in [0.2, 0.25) is 0 Å². The van der Waals surface area contributed by atoms with Crippen LogP contribution in [0.3, 0.4) is 0 Å². The van der Waals surface area contributed by atoms with Gasteiger partial charge >= 0.3 is 0 Å². The van der Waals surface area contributed by atoms with E-state index in [0.717, 1.165) is 0 Å². The second-order valence-electron chi connectivity index (χ2n) is 4.38. The van der Waals surface area contributed by atoms with E-state index in [0.29, 0.717) is 28.9 Å². The van der Waals surface area contributed by atoms with Gasteiger partial charge in [0.05, 0.1) is 17.4 Å². The Labute approximate surface area is 104 Å². The molecule has 4 heteroatoms. The van der Waals surface area contributed by atoms with E-state index in [1.54, 1.807) is 30.3 Å². The number of phenolic OH excluding ortho intramolecular Hbond substituents is 1. The number of rotatable bonds is 1. The number of aromatic hydroxyl groups is 1. The van der Waals surface area contributed by atoms with Crippen molar-refractivity contribution in [2.45, 2.75) is 12.5 Å². The molecule has 0 amide bonds.